The minimum atomic E-state index is 0.169. The van der Waals surface area contributed by atoms with Gasteiger partial charge in [0.15, 0.2) is 0 Å². The molecule has 0 aliphatic heterocycles. The smallest absolute Gasteiger partial charge is 0.221 e. The second-order valence-electron chi connectivity index (χ2n) is 4.10. The summed E-state index contributed by atoms with van der Waals surface area (Å²) in [6.45, 7) is 3.75. The van der Waals surface area contributed by atoms with Gasteiger partial charge in [-0.3, -0.25) is 0 Å². The Hall–Kier alpha value is -2.34. The molecule has 0 spiro atoms. The van der Waals surface area contributed by atoms with Crippen molar-refractivity contribution in [2.24, 2.45) is 0 Å². The maximum Gasteiger partial charge on any atom is 0.221 e. The molecule has 1 aromatic carbocycles. The van der Waals surface area contributed by atoms with Crippen LogP contribution in [0.1, 0.15) is 6.92 Å². The molecule has 6 heteroatoms. The lowest BCUT2D eigenvalue weighted by Gasteiger charge is -2.08. The summed E-state index contributed by atoms with van der Waals surface area (Å²) in [6.07, 6.45) is 1.61. The molecule has 2 aromatic rings. The number of nitrogens with zero attached hydrogens (tertiary/aromatic N) is 2. The number of hydrogen-bond donors (Lipinski definition) is 2. The molecule has 0 saturated heterocycles. The first-order chi connectivity index (χ1) is 9.70. The quantitative estimate of drug-likeness (QED) is 0.779. The normalized spacial score (nSPS) is 10.4. The molecule has 0 bridgehead atoms. The number of rotatable bonds is 6. The van der Waals surface area contributed by atoms with Crippen molar-refractivity contribution in [3.05, 3.63) is 30.5 Å². The summed E-state index contributed by atoms with van der Waals surface area (Å²) in [5, 5.41) is 0. The van der Waals surface area contributed by atoms with Crippen LogP contribution in [0.5, 0.6) is 5.75 Å². The lowest BCUT2D eigenvalue weighted by molar-refractivity contribution is 0.110. The number of hydrogen-bond acceptors (Lipinski definition) is 6. The van der Waals surface area contributed by atoms with E-state index in [1.807, 2.05) is 31.2 Å². The second-order valence-corrected chi connectivity index (χ2v) is 4.10. The minimum Gasteiger partial charge on any atom is -0.491 e. The minimum absolute atomic E-state index is 0.169. The zero-order chi connectivity index (χ0) is 14.4. The van der Waals surface area contributed by atoms with Gasteiger partial charge in [-0.25, -0.2) is 4.98 Å². The topological polar surface area (TPSA) is 96.3 Å². The Morgan fingerprint density at radius 1 is 1.10 bits per heavy atom. The summed E-state index contributed by atoms with van der Waals surface area (Å²) in [5.41, 5.74) is 13.0. The van der Waals surface area contributed by atoms with E-state index in [-0.39, 0.29) is 5.95 Å². The molecule has 0 aliphatic rings. The van der Waals surface area contributed by atoms with Crippen LogP contribution < -0.4 is 16.2 Å². The molecule has 4 N–H and O–H groups in total. The van der Waals surface area contributed by atoms with Crippen molar-refractivity contribution < 1.29 is 9.47 Å². The van der Waals surface area contributed by atoms with Crippen molar-refractivity contribution in [2.75, 3.05) is 31.3 Å². The Kier molecular flexibility index (Phi) is 4.73. The maximum absolute atomic E-state index is 5.83. The van der Waals surface area contributed by atoms with Gasteiger partial charge >= 0.3 is 0 Å². The van der Waals surface area contributed by atoms with Crippen LogP contribution in [0.3, 0.4) is 0 Å². The molecule has 1 aromatic heterocycles. The first-order valence-corrected chi connectivity index (χ1v) is 6.39. The average Bonchev–Trinajstić information content (AvgIpc) is 2.45. The number of nitrogens with two attached hydrogens (primary N) is 2. The van der Waals surface area contributed by atoms with Crippen LogP contribution >= 0.6 is 0 Å². The van der Waals surface area contributed by atoms with Crippen LogP contribution in [0.2, 0.25) is 0 Å². The first-order valence-electron chi connectivity index (χ1n) is 6.39. The summed E-state index contributed by atoms with van der Waals surface area (Å²) >= 11 is 0. The largest absolute Gasteiger partial charge is 0.491 e. The predicted molar refractivity (Wildman–Crippen MR) is 78.3 cm³/mol. The van der Waals surface area contributed by atoms with Gasteiger partial charge in [0.2, 0.25) is 5.95 Å². The van der Waals surface area contributed by atoms with Gasteiger partial charge < -0.3 is 20.9 Å². The van der Waals surface area contributed by atoms with E-state index in [0.717, 1.165) is 16.9 Å². The highest BCUT2D eigenvalue weighted by atomic mass is 16.5. The van der Waals surface area contributed by atoms with Crippen molar-refractivity contribution in [2.45, 2.75) is 6.92 Å². The third kappa shape index (κ3) is 3.58. The van der Waals surface area contributed by atoms with E-state index in [4.69, 9.17) is 20.9 Å². The van der Waals surface area contributed by atoms with E-state index in [9.17, 15) is 0 Å². The lowest BCUT2D eigenvalue weighted by atomic mass is 10.1. The van der Waals surface area contributed by atoms with E-state index < -0.39 is 0 Å². The molecule has 0 fully saturated rings. The molecule has 0 unspecified atom stereocenters. The average molecular weight is 274 g/mol. The Labute approximate surface area is 117 Å². The Balaban J connectivity index is 2.04. The van der Waals surface area contributed by atoms with Gasteiger partial charge in [-0.15, -0.1) is 0 Å². The first kappa shape index (κ1) is 14.1. The molecule has 0 aliphatic carbocycles. The fourth-order valence-corrected chi connectivity index (χ4v) is 1.73. The molecule has 0 amide bonds. The number of aromatic nitrogens is 2. The molecule has 2 rings (SSSR count). The van der Waals surface area contributed by atoms with Crippen LogP contribution in [0.4, 0.5) is 11.8 Å². The molecule has 20 heavy (non-hydrogen) atoms. The highest BCUT2D eigenvalue weighted by molar-refractivity contribution is 5.73. The molecular weight excluding hydrogens is 256 g/mol. The van der Waals surface area contributed by atoms with E-state index in [1.54, 1.807) is 6.20 Å². The molecule has 106 valence electrons. The van der Waals surface area contributed by atoms with Crippen molar-refractivity contribution in [3.8, 4) is 16.9 Å². The fourth-order valence-electron chi connectivity index (χ4n) is 1.73. The second kappa shape index (κ2) is 6.72. The van der Waals surface area contributed by atoms with Gasteiger partial charge in [0.25, 0.3) is 0 Å². The van der Waals surface area contributed by atoms with E-state index in [1.165, 1.54) is 0 Å². The van der Waals surface area contributed by atoms with Crippen LogP contribution in [0, 0.1) is 0 Å². The van der Waals surface area contributed by atoms with Crippen LogP contribution in [-0.2, 0) is 4.74 Å². The Bertz CT molecular complexity index is 558. The summed E-state index contributed by atoms with van der Waals surface area (Å²) in [5.74, 6) is 1.31. The van der Waals surface area contributed by atoms with Gasteiger partial charge in [-0.2, -0.15) is 4.98 Å². The molecule has 0 saturated carbocycles. The summed E-state index contributed by atoms with van der Waals surface area (Å²) in [7, 11) is 0. The van der Waals surface area contributed by atoms with Crippen LogP contribution in [0.25, 0.3) is 11.1 Å². The molecular formula is C14H18N4O2. The van der Waals surface area contributed by atoms with Gasteiger partial charge in [-0.05, 0) is 24.6 Å². The summed E-state index contributed by atoms with van der Waals surface area (Å²) < 4.78 is 10.7. The van der Waals surface area contributed by atoms with E-state index in [0.29, 0.717) is 25.6 Å². The van der Waals surface area contributed by atoms with E-state index in [2.05, 4.69) is 9.97 Å². The van der Waals surface area contributed by atoms with Crippen molar-refractivity contribution in [3.63, 3.8) is 0 Å². The van der Waals surface area contributed by atoms with Gasteiger partial charge in [0, 0.05) is 18.4 Å². The van der Waals surface area contributed by atoms with Gasteiger partial charge in [-0.1, -0.05) is 12.1 Å². The van der Waals surface area contributed by atoms with Crippen LogP contribution in [-0.4, -0.2) is 29.8 Å². The Morgan fingerprint density at radius 3 is 2.50 bits per heavy atom. The highest BCUT2D eigenvalue weighted by Crippen LogP contribution is 2.25. The van der Waals surface area contributed by atoms with Gasteiger partial charge in [0.1, 0.15) is 18.2 Å². The van der Waals surface area contributed by atoms with Crippen molar-refractivity contribution in [1.82, 2.24) is 9.97 Å². The summed E-state index contributed by atoms with van der Waals surface area (Å²) in [4.78, 5) is 7.89. The SMILES string of the molecule is CCOCCOc1ccc(-c2cnc(N)nc2N)cc1. The number of ether oxygens (including phenoxy) is 2. The lowest BCUT2D eigenvalue weighted by Crippen LogP contribution is -2.06. The monoisotopic (exact) mass is 274 g/mol. The third-order valence-electron chi connectivity index (χ3n) is 2.70. The zero-order valence-electron chi connectivity index (χ0n) is 11.4. The van der Waals surface area contributed by atoms with E-state index >= 15 is 0 Å². The van der Waals surface area contributed by atoms with Crippen molar-refractivity contribution >= 4 is 11.8 Å². The highest BCUT2D eigenvalue weighted by Gasteiger charge is 2.05. The predicted octanol–water partition coefficient (Wildman–Crippen LogP) is 1.72. The zero-order valence-corrected chi connectivity index (χ0v) is 11.4. The molecule has 0 radical (unpaired) electrons. The Morgan fingerprint density at radius 2 is 1.85 bits per heavy atom. The standard InChI is InChI=1S/C14H18N4O2/c1-2-19-7-8-20-11-5-3-10(4-6-11)12-9-17-14(16)18-13(12)15/h3-6,9H,2,7-8H2,1H3,(H4,15,16,17,18). The third-order valence-corrected chi connectivity index (χ3v) is 2.70. The maximum atomic E-state index is 5.83. The number of anilines is 2. The number of benzene rings is 1. The molecule has 0 atom stereocenters. The summed E-state index contributed by atoms with van der Waals surface area (Å²) in [6, 6.07) is 7.55. The number of nitrogen functional groups attached to an aromatic ring is 2. The van der Waals surface area contributed by atoms with Crippen LogP contribution in [0.15, 0.2) is 30.5 Å². The fraction of sp³-hybridized carbons (Fsp3) is 0.286. The molecule has 6 nitrogen and oxygen atoms in total. The van der Waals surface area contributed by atoms with Gasteiger partial charge in [0.05, 0.1) is 6.61 Å². The molecule has 1 heterocycles. The van der Waals surface area contributed by atoms with Crippen molar-refractivity contribution in [1.29, 1.82) is 0 Å².